The van der Waals surface area contributed by atoms with Crippen LogP contribution in [0, 0.1) is 0 Å². The van der Waals surface area contributed by atoms with Gasteiger partial charge in [-0.1, -0.05) is 55.2 Å². The van der Waals surface area contributed by atoms with Crippen LogP contribution in [0.4, 0.5) is 5.69 Å². The first-order chi connectivity index (χ1) is 15.9. The zero-order valence-electron chi connectivity index (χ0n) is 18.4. The zero-order valence-corrected chi connectivity index (χ0v) is 20.7. The number of benzene rings is 2. The number of sulfonamides is 1. The number of carboxylic acid groups (broad SMARTS) is 2. The second kappa shape index (κ2) is 13.9. The van der Waals surface area contributed by atoms with E-state index >= 15 is 0 Å². The molecule has 0 aliphatic carbocycles. The van der Waals surface area contributed by atoms with Crippen molar-refractivity contribution in [2.75, 3.05) is 25.0 Å². The molecule has 2 aromatic carbocycles. The Bertz CT molecular complexity index is 1110. The van der Waals surface area contributed by atoms with Gasteiger partial charge in [0.2, 0.25) is 15.9 Å². The third-order valence-electron chi connectivity index (χ3n) is 4.30. The average molecular weight is 534 g/mol. The van der Waals surface area contributed by atoms with Gasteiger partial charge in [0.1, 0.15) is 0 Å². The highest BCUT2D eigenvalue weighted by molar-refractivity contribution is 7.89. The van der Waals surface area contributed by atoms with E-state index in [2.05, 4.69) is 10.6 Å². The van der Waals surface area contributed by atoms with E-state index in [9.17, 15) is 13.2 Å². The van der Waals surface area contributed by atoms with Gasteiger partial charge in [0, 0.05) is 24.7 Å². The first-order valence-corrected chi connectivity index (χ1v) is 12.1. The number of carbonyl (C=O) groups is 3. The Labute approximate surface area is 207 Å². The SMILES string of the molecule is CCN(CC)S(=O)(=O)c1ccc(Cl)c(NC(=O)CNCc2ccccc2Cl)c1.O=C(O)C(=O)O. The van der Waals surface area contributed by atoms with Gasteiger partial charge in [-0.25, -0.2) is 18.0 Å². The molecule has 4 N–H and O–H groups in total. The lowest BCUT2D eigenvalue weighted by Crippen LogP contribution is -2.31. The Kier molecular flexibility index (Phi) is 12.0. The normalized spacial score (nSPS) is 10.9. The third-order valence-corrected chi connectivity index (χ3v) is 7.04. The minimum atomic E-state index is -3.64. The first-order valence-electron chi connectivity index (χ1n) is 9.93. The number of nitrogens with zero attached hydrogens (tertiary/aromatic N) is 1. The number of aliphatic carboxylic acids is 2. The van der Waals surface area contributed by atoms with E-state index in [1.54, 1.807) is 19.9 Å². The topological polar surface area (TPSA) is 153 Å². The summed E-state index contributed by atoms with van der Waals surface area (Å²) in [6, 6.07) is 11.6. The van der Waals surface area contributed by atoms with Crippen molar-refractivity contribution in [2.24, 2.45) is 0 Å². The van der Waals surface area contributed by atoms with Crippen LogP contribution < -0.4 is 10.6 Å². The number of halogens is 2. The van der Waals surface area contributed by atoms with Crippen LogP contribution in [0.3, 0.4) is 0 Å². The smallest absolute Gasteiger partial charge is 0.414 e. The van der Waals surface area contributed by atoms with E-state index in [-0.39, 0.29) is 28.1 Å². The van der Waals surface area contributed by atoms with Crippen molar-refractivity contribution < 1.29 is 33.0 Å². The maximum atomic E-state index is 12.6. The Morgan fingerprint density at radius 3 is 2.06 bits per heavy atom. The summed E-state index contributed by atoms with van der Waals surface area (Å²) in [7, 11) is -3.64. The molecule has 186 valence electrons. The van der Waals surface area contributed by atoms with Crippen LogP contribution in [0.25, 0.3) is 0 Å². The van der Waals surface area contributed by atoms with Gasteiger partial charge in [-0.05, 0) is 29.8 Å². The van der Waals surface area contributed by atoms with Crippen LogP contribution in [0.1, 0.15) is 19.4 Å². The molecule has 0 saturated carbocycles. The highest BCUT2D eigenvalue weighted by Gasteiger charge is 2.22. The molecule has 0 aliphatic heterocycles. The fourth-order valence-electron chi connectivity index (χ4n) is 2.62. The summed E-state index contributed by atoms with van der Waals surface area (Å²) in [5.41, 5.74) is 1.13. The molecule has 2 aromatic rings. The summed E-state index contributed by atoms with van der Waals surface area (Å²) in [6.07, 6.45) is 0. The van der Waals surface area contributed by atoms with Gasteiger partial charge in [-0.2, -0.15) is 4.31 Å². The molecule has 0 saturated heterocycles. The molecule has 13 heteroatoms. The number of carbonyl (C=O) groups excluding carboxylic acids is 1. The van der Waals surface area contributed by atoms with Crippen LogP contribution in [-0.2, 0) is 31.0 Å². The van der Waals surface area contributed by atoms with Gasteiger partial charge in [0.05, 0.1) is 22.2 Å². The molecule has 34 heavy (non-hydrogen) atoms. The first kappa shape index (κ1) is 29.3. The summed E-state index contributed by atoms with van der Waals surface area (Å²) in [6.45, 7) is 4.70. The number of hydrogen-bond donors (Lipinski definition) is 4. The Hall–Kier alpha value is -2.70. The van der Waals surface area contributed by atoms with Gasteiger partial charge in [0.25, 0.3) is 0 Å². The molecule has 0 unspecified atom stereocenters. The lowest BCUT2D eigenvalue weighted by molar-refractivity contribution is -0.159. The van der Waals surface area contributed by atoms with Crippen molar-refractivity contribution in [1.82, 2.24) is 9.62 Å². The monoisotopic (exact) mass is 533 g/mol. The second-order valence-corrected chi connectivity index (χ2v) is 9.34. The number of amides is 1. The molecule has 0 radical (unpaired) electrons. The molecular formula is C21H25Cl2N3O7S. The molecule has 0 heterocycles. The summed E-state index contributed by atoms with van der Waals surface area (Å²) in [5, 5.41) is 21.3. The van der Waals surface area contributed by atoms with Crippen LogP contribution in [0.2, 0.25) is 10.0 Å². The largest absolute Gasteiger partial charge is 0.473 e. The Morgan fingerprint density at radius 1 is 0.941 bits per heavy atom. The van der Waals surface area contributed by atoms with Gasteiger partial charge in [0.15, 0.2) is 0 Å². The third kappa shape index (κ3) is 8.92. The van der Waals surface area contributed by atoms with Crippen LogP contribution in [0.5, 0.6) is 0 Å². The lowest BCUT2D eigenvalue weighted by Gasteiger charge is -2.19. The van der Waals surface area contributed by atoms with Gasteiger partial charge >= 0.3 is 11.9 Å². The lowest BCUT2D eigenvalue weighted by atomic mass is 10.2. The fraction of sp³-hybridized carbons (Fsp3) is 0.286. The van der Waals surface area contributed by atoms with Crippen molar-refractivity contribution in [1.29, 1.82) is 0 Å². The summed E-state index contributed by atoms with van der Waals surface area (Å²) in [5.74, 6) is -3.99. The maximum Gasteiger partial charge on any atom is 0.414 e. The molecule has 0 aliphatic rings. The average Bonchev–Trinajstić information content (AvgIpc) is 2.77. The van der Waals surface area contributed by atoms with E-state index in [1.165, 1.54) is 22.5 Å². The van der Waals surface area contributed by atoms with Crippen molar-refractivity contribution in [2.45, 2.75) is 25.3 Å². The quantitative estimate of drug-likeness (QED) is 0.359. The molecule has 2 rings (SSSR count). The number of hydrogen-bond acceptors (Lipinski definition) is 6. The zero-order chi connectivity index (χ0) is 25.9. The van der Waals surface area contributed by atoms with Crippen molar-refractivity contribution in [3.63, 3.8) is 0 Å². The second-order valence-electron chi connectivity index (χ2n) is 6.58. The molecular weight excluding hydrogens is 509 g/mol. The minimum absolute atomic E-state index is 0.0224. The van der Waals surface area contributed by atoms with Gasteiger partial charge in [-0.15, -0.1) is 0 Å². The van der Waals surface area contributed by atoms with E-state index in [0.29, 0.717) is 24.7 Å². The van der Waals surface area contributed by atoms with E-state index in [4.69, 9.17) is 43.0 Å². The van der Waals surface area contributed by atoms with Crippen molar-refractivity contribution in [3.05, 3.63) is 58.1 Å². The minimum Gasteiger partial charge on any atom is -0.473 e. The number of carboxylic acids is 2. The van der Waals surface area contributed by atoms with Crippen molar-refractivity contribution >= 4 is 56.8 Å². The van der Waals surface area contributed by atoms with Gasteiger partial charge in [-0.3, -0.25) is 4.79 Å². The highest BCUT2D eigenvalue weighted by Crippen LogP contribution is 2.27. The van der Waals surface area contributed by atoms with Crippen molar-refractivity contribution in [3.8, 4) is 0 Å². The molecule has 0 fully saturated rings. The van der Waals surface area contributed by atoms with Crippen LogP contribution in [-0.4, -0.2) is 60.4 Å². The summed E-state index contributed by atoms with van der Waals surface area (Å²) < 4.78 is 26.6. The van der Waals surface area contributed by atoms with E-state index in [0.717, 1.165) is 5.56 Å². The number of nitrogens with one attached hydrogen (secondary N) is 2. The standard InChI is InChI=1S/C19H23Cl2N3O3S.C2H2O4/c1-3-24(4-2)28(26,27)15-9-10-17(21)18(11-15)23-19(25)13-22-12-14-7-5-6-8-16(14)20;3-1(4)2(5)6/h5-11,22H,3-4,12-13H2,1-2H3,(H,23,25);(H,3,4)(H,5,6). The molecule has 0 bridgehead atoms. The van der Waals surface area contributed by atoms with E-state index < -0.39 is 22.0 Å². The molecule has 0 atom stereocenters. The predicted octanol–water partition coefficient (Wildman–Crippen LogP) is 2.91. The van der Waals surface area contributed by atoms with E-state index in [1.807, 2.05) is 18.2 Å². The predicted molar refractivity (Wildman–Crippen MR) is 129 cm³/mol. The van der Waals surface area contributed by atoms with Gasteiger partial charge < -0.3 is 20.8 Å². The summed E-state index contributed by atoms with van der Waals surface area (Å²) in [4.78, 5) is 30.5. The fourth-order valence-corrected chi connectivity index (χ4v) is 4.47. The number of anilines is 1. The molecule has 10 nitrogen and oxygen atoms in total. The highest BCUT2D eigenvalue weighted by atomic mass is 35.5. The molecule has 0 aromatic heterocycles. The molecule has 0 spiro atoms. The Morgan fingerprint density at radius 2 is 1.53 bits per heavy atom. The maximum absolute atomic E-state index is 12.6. The van der Waals surface area contributed by atoms with Crippen LogP contribution in [0.15, 0.2) is 47.4 Å². The van der Waals surface area contributed by atoms with Crippen LogP contribution >= 0.6 is 23.2 Å². The number of rotatable bonds is 9. The molecule has 1 amide bonds. The summed E-state index contributed by atoms with van der Waals surface area (Å²) >= 11 is 12.2. The Balaban J connectivity index is 0.000000852.